The van der Waals surface area contributed by atoms with E-state index in [0.29, 0.717) is 0 Å². The fraction of sp³-hybridized carbons (Fsp3) is 0.333. The third-order valence-electron chi connectivity index (χ3n) is 2.12. The molecule has 1 aromatic rings. The van der Waals surface area contributed by atoms with E-state index < -0.39 is 0 Å². The minimum atomic E-state index is 1.03. The zero-order valence-electron chi connectivity index (χ0n) is 8.48. The van der Waals surface area contributed by atoms with E-state index in [1.54, 1.807) is 0 Å². The van der Waals surface area contributed by atoms with Crippen LogP contribution in [0, 0.1) is 13.8 Å². The molecule has 0 heterocycles. The van der Waals surface area contributed by atoms with Gasteiger partial charge in [0.2, 0.25) is 0 Å². The highest BCUT2D eigenvalue weighted by molar-refractivity contribution is 9.10. The van der Waals surface area contributed by atoms with Crippen molar-refractivity contribution in [1.29, 1.82) is 0 Å². The monoisotopic (exact) mass is 316 g/mol. The molecule has 0 spiro atoms. The molecule has 1 aromatic carbocycles. The second-order valence-corrected chi connectivity index (χ2v) is 5.04. The molecule has 0 aromatic heterocycles. The van der Waals surface area contributed by atoms with Gasteiger partial charge in [-0.05, 0) is 49.1 Å². The Labute approximate surface area is 103 Å². The Morgan fingerprint density at radius 1 is 1.21 bits per heavy atom. The highest BCUT2D eigenvalue weighted by Crippen LogP contribution is 2.21. The molecule has 0 amide bonds. The third-order valence-corrected chi connectivity index (χ3v) is 3.03. The van der Waals surface area contributed by atoms with Gasteiger partial charge in [-0.1, -0.05) is 44.0 Å². The minimum absolute atomic E-state index is 1.03. The number of alkyl halides is 1. The molecule has 14 heavy (non-hydrogen) atoms. The summed E-state index contributed by atoms with van der Waals surface area (Å²) in [5.74, 6) is 0. The molecule has 0 aliphatic carbocycles. The van der Waals surface area contributed by atoms with Gasteiger partial charge in [-0.25, -0.2) is 0 Å². The average molecular weight is 318 g/mol. The Morgan fingerprint density at radius 3 is 2.29 bits per heavy atom. The van der Waals surface area contributed by atoms with Gasteiger partial charge >= 0.3 is 0 Å². The first-order valence-electron chi connectivity index (χ1n) is 4.64. The van der Waals surface area contributed by atoms with Gasteiger partial charge in [0.25, 0.3) is 0 Å². The standard InChI is InChI=1S/C12H14Br2/c1-9-7-11(14)8-10(2)12(9)5-3-4-6-13/h3,5,7-8H,4,6H2,1-2H3. The van der Waals surface area contributed by atoms with Crippen LogP contribution in [0.5, 0.6) is 0 Å². The summed E-state index contributed by atoms with van der Waals surface area (Å²) in [6.07, 6.45) is 5.49. The number of aryl methyl sites for hydroxylation is 2. The molecule has 0 bridgehead atoms. The predicted molar refractivity (Wildman–Crippen MR) is 71.1 cm³/mol. The lowest BCUT2D eigenvalue weighted by Crippen LogP contribution is -1.86. The normalized spacial score (nSPS) is 11.1. The van der Waals surface area contributed by atoms with Crippen molar-refractivity contribution in [2.24, 2.45) is 0 Å². The van der Waals surface area contributed by atoms with Crippen LogP contribution in [-0.2, 0) is 0 Å². The van der Waals surface area contributed by atoms with Crippen LogP contribution in [0.25, 0.3) is 6.08 Å². The van der Waals surface area contributed by atoms with E-state index >= 15 is 0 Å². The van der Waals surface area contributed by atoms with Crippen molar-refractivity contribution in [3.8, 4) is 0 Å². The summed E-state index contributed by atoms with van der Waals surface area (Å²) >= 11 is 6.91. The summed E-state index contributed by atoms with van der Waals surface area (Å²) in [7, 11) is 0. The number of allylic oxidation sites excluding steroid dienone is 1. The van der Waals surface area contributed by atoms with Crippen LogP contribution in [0.3, 0.4) is 0 Å². The van der Waals surface area contributed by atoms with Crippen molar-refractivity contribution in [3.05, 3.63) is 39.4 Å². The molecule has 1 rings (SSSR count). The van der Waals surface area contributed by atoms with E-state index in [2.05, 4.69) is 70.0 Å². The first-order chi connectivity index (χ1) is 6.65. The maximum Gasteiger partial charge on any atom is 0.0180 e. The number of halogens is 2. The average Bonchev–Trinajstić information content (AvgIpc) is 2.09. The van der Waals surface area contributed by atoms with Gasteiger partial charge in [0.05, 0.1) is 0 Å². The van der Waals surface area contributed by atoms with E-state index in [1.807, 2.05) is 0 Å². The molecule has 0 nitrogen and oxygen atoms in total. The van der Waals surface area contributed by atoms with Crippen LogP contribution in [0.15, 0.2) is 22.7 Å². The van der Waals surface area contributed by atoms with Gasteiger partial charge in [0.15, 0.2) is 0 Å². The lowest BCUT2D eigenvalue weighted by molar-refractivity contribution is 1.26. The van der Waals surface area contributed by atoms with Crippen LogP contribution < -0.4 is 0 Å². The first-order valence-corrected chi connectivity index (χ1v) is 6.56. The Hall–Kier alpha value is -0.0800. The Bertz CT molecular complexity index is 317. The summed E-state index contributed by atoms with van der Waals surface area (Å²) in [6, 6.07) is 4.31. The third kappa shape index (κ3) is 3.25. The van der Waals surface area contributed by atoms with Crippen LogP contribution in [0.1, 0.15) is 23.1 Å². The van der Waals surface area contributed by atoms with Crippen LogP contribution in [0.4, 0.5) is 0 Å². The quantitative estimate of drug-likeness (QED) is 0.698. The van der Waals surface area contributed by atoms with Gasteiger partial charge in [0, 0.05) is 9.80 Å². The van der Waals surface area contributed by atoms with Crippen molar-refractivity contribution < 1.29 is 0 Å². The Kier molecular flexibility index (Phi) is 4.90. The smallest absolute Gasteiger partial charge is 0.0180 e. The van der Waals surface area contributed by atoms with Crippen LogP contribution in [-0.4, -0.2) is 5.33 Å². The zero-order valence-corrected chi connectivity index (χ0v) is 11.7. The zero-order chi connectivity index (χ0) is 10.6. The molecular formula is C12H14Br2. The van der Waals surface area contributed by atoms with Gasteiger partial charge in [-0.15, -0.1) is 0 Å². The fourth-order valence-corrected chi connectivity index (χ4v) is 2.40. The second-order valence-electron chi connectivity index (χ2n) is 3.33. The summed E-state index contributed by atoms with van der Waals surface area (Å²) < 4.78 is 1.16. The maximum atomic E-state index is 3.50. The van der Waals surface area contributed by atoms with Crippen molar-refractivity contribution in [2.75, 3.05) is 5.33 Å². The van der Waals surface area contributed by atoms with Crippen molar-refractivity contribution in [1.82, 2.24) is 0 Å². The largest absolute Gasteiger partial charge is 0.0925 e. The topological polar surface area (TPSA) is 0 Å². The Morgan fingerprint density at radius 2 is 1.79 bits per heavy atom. The molecule has 0 saturated heterocycles. The summed E-state index contributed by atoms with van der Waals surface area (Å²) in [5.41, 5.74) is 3.99. The molecule has 76 valence electrons. The van der Waals surface area contributed by atoms with Crippen LogP contribution in [0.2, 0.25) is 0 Å². The summed E-state index contributed by atoms with van der Waals surface area (Å²) in [6.45, 7) is 4.29. The molecule has 0 aliphatic rings. The summed E-state index contributed by atoms with van der Waals surface area (Å²) in [5, 5.41) is 1.03. The molecule has 0 unspecified atom stereocenters. The molecule has 0 N–H and O–H groups in total. The van der Waals surface area contributed by atoms with Crippen molar-refractivity contribution in [3.63, 3.8) is 0 Å². The van der Waals surface area contributed by atoms with Gasteiger partial charge < -0.3 is 0 Å². The second kappa shape index (κ2) is 5.72. The summed E-state index contributed by atoms with van der Waals surface area (Å²) in [4.78, 5) is 0. The lowest BCUT2D eigenvalue weighted by Gasteiger charge is -2.05. The molecule has 0 saturated carbocycles. The van der Waals surface area contributed by atoms with Gasteiger partial charge in [-0.2, -0.15) is 0 Å². The van der Waals surface area contributed by atoms with Crippen molar-refractivity contribution in [2.45, 2.75) is 20.3 Å². The highest BCUT2D eigenvalue weighted by atomic mass is 79.9. The minimum Gasteiger partial charge on any atom is -0.0925 e. The van der Waals surface area contributed by atoms with Crippen LogP contribution >= 0.6 is 31.9 Å². The van der Waals surface area contributed by atoms with E-state index in [1.165, 1.54) is 16.7 Å². The van der Waals surface area contributed by atoms with E-state index in [0.717, 1.165) is 16.2 Å². The molecule has 0 atom stereocenters. The fourth-order valence-electron chi connectivity index (χ4n) is 1.45. The van der Waals surface area contributed by atoms with E-state index in [4.69, 9.17) is 0 Å². The number of benzene rings is 1. The molecular weight excluding hydrogens is 304 g/mol. The molecule has 2 heteroatoms. The SMILES string of the molecule is Cc1cc(Br)cc(C)c1C=CCCBr. The van der Waals surface area contributed by atoms with Crippen molar-refractivity contribution >= 4 is 37.9 Å². The first kappa shape index (κ1) is 12.0. The van der Waals surface area contributed by atoms with E-state index in [9.17, 15) is 0 Å². The number of hydrogen-bond donors (Lipinski definition) is 0. The predicted octanol–water partition coefficient (Wildman–Crippen LogP) is 4.86. The molecule has 0 radical (unpaired) electrons. The number of hydrogen-bond acceptors (Lipinski definition) is 0. The molecule has 0 aliphatic heterocycles. The maximum absolute atomic E-state index is 3.50. The van der Waals surface area contributed by atoms with Gasteiger partial charge in [-0.3, -0.25) is 0 Å². The lowest BCUT2D eigenvalue weighted by atomic mass is 10.0. The highest BCUT2D eigenvalue weighted by Gasteiger charge is 2.00. The van der Waals surface area contributed by atoms with Gasteiger partial charge in [0.1, 0.15) is 0 Å². The Balaban J connectivity index is 2.96. The molecule has 0 fully saturated rings. The van der Waals surface area contributed by atoms with E-state index in [-0.39, 0.29) is 0 Å². The number of rotatable bonds is 3.